The van der Waals surface area contributed by atoms with Gasteiger partial charge in [0.05, 0.1) is 6.26 Å². The molecule has 0 aromatic carbocycles. The second-order valence-electron chi connectivity index (χ2n) is 2.65. The molecule has 1 atom stereocenters. The molecule has 0 amide bonds. The predicted octanol–water partition coefficient (Wildman–Crippen LogP) is 1.93. The molecule has 0 spiro atoms. The molecule has 3 heteroatoms. The van der Waals surface area contributed by atoms with Crippen molar-refractivity contribution in [1.29, 1.82) is 0 Å². The number of rotatable bonds is 4. The van der Waals surface area contributed by atoms with E-state index in [1.807, 2.05) is 0 Å². The van der Waals surface area contributed by atoms with Crippen molar-refractivity contribution >= 4 is 11.6 Å². The third-order valence-corrected chi connectivity index (χ3v) is 2.08. The van der Waals surface area contributed by atoms with Gasteiger partial charge in [0.15, 0.2) is 0 Å². The van der Waals surface area contributed by atoms with Gasteiger partial charge < -0.3 is 9.47 Å². The standard InChI is InChI=1S/C8H13ClO2/c1-10-3-2-8-4-7(5-9)6-11-8/h6,8H,2-5H2,1H3. The zero-order valence-electron chi connectivity index (χ0n) is 6.68. The van der Waals surface area contributed by atoms with Crippen molar-refractivity contribution in [2.24, 2.45) is 0 Å². The number of alkyl halides is 1. The summed E-state index contributed by atoms with van der Waals surface area (Å²) in [5.74, 6) is 0.587. The molecule has 0 N–H and O–H groups in total. The largest absolute Gasteiger partial charge is 0.498 e. The van der Waals surface area contributed by atoms with Gasteiger partial charge >= 0.3 is 0 Å². The van der Waals surface area contributed by atoms with Crippen LogP contribution in [0.5, 0.6) is 0 Å². The summed E-state index contributed by atoms with van der Waals surface area (Å²) < 4.78 is 10.3. The minimum atomic E-state index is 0.295. The molecule has 1 aliphatic heterocycles. The predicted molar refractivity (Wildman–Crippen MR) is 44.8 cm³/mol. The van der Waals surface area contributed by atoms with Crippen LogP contribution in [0.3, 0.4) is 0 Å². The summed E-state index contributed by atoms with van der Waals surface area (Å²) in [6, 6.07) is 0. The normalized spacial score (nSPS) is 23.1. The Kier molecular flexibility index (Phi) is 3.73. The highest BCUT2D eigenvalue weighted by molar-refractivity contribution is 6.19. The van der Waals surface area contributed by atoms with E-state index >= 15 is 0 Å². The van der Waals surface area contributed by atoms with Crippen LogP contribution in [0.2, 0.25) is 0 Å². The van der Waals surface area contributed by atoms with Crippen LogP contribution < -0.4 is 0 Å². The Balaban J connectivity index is 2.14. The Morgan fingerprint density at radius 2 is 2.64 bits per heavy atom. The lowest BCUT2D eigenvalue weighted by Crippen LogP contribution is -2.08. The van der Waals surface area contributed by atoms with Crippen LogP contribution in [-0.4, -0.2) is 25.7 Å². The summed E-state index contributed by atoms with van der Waals surface area (Å²) in [5, 5.41) is 0. The molecule has 2 nitrogen and oxygen atoms in total. The molecule has 0 radical (unpaired) electrons. The fourth-order valence-electron chi connectivity index (χ4n) is 1.09. The summed E-state index contributed by atoms with van der Waals surface area (Å²) in [7, 11) is 1.70. The number of halogens is 1. The summed E-state index contributed by atoms with van der Waals surface area (Å²) in [5.41, 5.74) is 1.19. The van der Waals surface area contributed by atoms with Gasteiger partial charge in [-0.2, -0.15) is 0 Å². The van der Waals surface area contributed by atoms with Gasteiger partial charge in [0.25, 0.3) is 0 Å². The molecule has 0 saturated heterocycles. The van der Waals surface area contributed by atoms with E-state index in [1.54, 1.807) is 13.4 Å². The smallest absolute Gasteiger partial charge is 0.104 e. The molecular formula is C8H13ClO2. The average molecular weight is 177 g/mol. The summed E-state index contributed by atoms with van der Waals surface area (Å²) in [6.45, 7) is 0.758. The van der Waals surface area contributed by atoms with Gasteiger partial charge in [0.1, 0.15) is 6.10 Å². The molecule has 0 saturated carbocycles. The molecule has 1 unspecified atom stereocenters. The zero-order chi connectivity index (χ0) is 8.10. The van der Waals surface area contributed by atoms with E-state index in [2.05, 4.69) is 0 Å². The maximum absolute atomic E-state index is 5.63. The Labute approximate surface area is 72.1 Å². The van der Waals surface area contributed by atoms with Gasteiger partial charge in [0.2, 0.25) is 0 Å². The molecule has 0 bridgehead atoms. The molecule has 0 fully saturated rings. The van der Waals surface area contributed by atoms with Crippen LogP contribution in [0.25, 0.3) is 0 Å². The maximum atomic E-state index is 5.63. The first-order chi connectivity index (χ1) is 5.36. The highest BCUT2D eigenvalue weighted by Gasteiger charge is 2.16. The second-order valence-corrected chi connectivity index (χ2v) is 2.92. The van der Waals surface area contributed by atoms with Crippen LogP contribution in [0, 0.1) is 0 Å². The number of methoxy groups -OCH3 is 1. The summed E-state index contributed by atoms with van der Waals surface area (Å²) >= 11 is 5.63. The van der Waals surface area contributed by atoms with E-state index in [1.165, 1.54) is 5.57 Å². The van der Waals surface area contributed by atoms with Gasteiger partial charge in [0, 0.05) is 32.4 Å². The van der Waals surface area contributed by atoms with Crippen molar-refractivity contribution in [1.82, 2.24) is 0 Å². The van der Waals surface area contributed by atoms with E-state index in [-0.39, 0.29) is 0 Å². The average Bonchev–Trinajstić information content (AvgIpc) is 2.48. The first-order valence-electron chi connectivity index (χ1n) is 3.75. The molecule has 1 heterocycles. The molecule has 64 valence electrons. The quantitative estimate of drug-likeness (QED) is 0.610. The summed E-state index contributed by atoms with van der Waals surface area (Å²) in [4.78, 5) is 0. The van der Waals surface area contributed by atoms with E-state index < -0.39 is 0 Å². The molecule has 1 aliphatic rings. The molecular weight excluding hydrogens is 164 g/mol. The van der Waals surface area contributed by atoms with Gasteiger partial charge in [-0.1, -0.05) is 0 Å². The van der Waals surface area contributed by atoms with Gasteiger partial charge in [-0.3, -0.25) is 0 Å². The molecule has 11 heavy (non-hydrogen) atoms. The zero-order valence-corrected chi connectivity index (χ0v) is 7.43. The summed E-state index contributed by atoms with van der Waals surface area (Å²) in [6.07, 6.45) is 3.98. The monoisotopic (exact) mass is 176 g/mol. The third-order valence-electron chi connectivity index (χ3n) is 1.73. The lowest BCUT2D eigenvalue weighted by atomic mass is 10.1. The lowest BCUT2D eigenvalue weighted by Gasteiger charge is -2.08. The molecule has 0 aromatic rings. The van der Waals surface area contributed by atoms with Crippen molar-refractivity contribution in [3.8, 4) is 0 Å². The minimum absolute atomic E-state index is 0.295. The fraction of sp³-hybridized carbons (Fsp3) is 0.750. The van der Waals surface area contributed by atoms with E-state index in [0.717, 1.165) is 19.4 Å². The van der Waals surface area contributed by atoms with Crippen LogP contribution in [0.1, 0.15) is 12.8 Å². The Morgan fingerprint density at radius 3 is 3.18 bits per heavy atom. The van der Waals surface area contributed by atoms with Gasteiger partial charge in [-0.15, -0.1) is 11.6 Å². The highest BCUT2D eigenvalue weighted by Crippen LogP contribution is 2.20. The second kappa shape index (κ2) is 4.62. The molecule has 0 aliphatic carbocycles. The van der Waals surface area contributed by atoms with Crippen LogP contribution in [0.15, 0.2) is 11.8 Å². The van der Waals surface area contributed by atoms with Gasteiger partial charge in [-0.25, -0.2) is 0 Å². The third kappa shape index (κ3) is 2.72. The fourth-order valence-corrected chi connectivity index (χ4v) is 1.26. The van der Waals surface area contributed by atoms with Crippen LogP contribution >= 0.6 is 11.6 Å². The van der Waals surface area contributed by atoms with Crippen molar-refractivity contribution < 1.29 is 9.47 Å². The Bertz CT molecular complexity index is 145. The van der Waals surface area contributed by atoms with Crippen molar-refractivity contribution in [2.75, 3.05) is 19.6 Å². The van der Waals surface area contributed by atoms with Crippen molar-refractivity contribution in [3.63, 3.8) is 0 Å². The SMILES string of the molecule is COCCC1CC(CCl)=CO1. The maximum Gasteiger partial charge on any atom is 0.104 e. The number of hydrogen-bond acceptors (Lipinski definition) is 2. The van der Waals surface area contributed by atoms with E-state index in [4.69, 9.17) is 21.1 Å². The minimum Gasteiger partial charge on any atom is -0.498 e. The number of hydrogen-bond donors (Lipinski definition) is 0. The van der Waals surface area contributed by atoms with E-state index in [0.29, 0.717) is 12.0 Å². The first kappa shape index (κ1) is 8.88. The van der Waals surface area contributed by atoms with Crippen molar-refractivity contribution in [2.45, 2.75) is 18.9 Å². The molecule has 0 aromatic heterocycles. The Morgan fingerprint density at radius 1 is 1.82 bits per heavy atom. The van der Waals surface area contributed by atoms with Crippen molar-refractivity contribution in [3.05, 3.63) is 11.8 Å². The van der Waals surface area contributed by atoms with Crippen LogP contribution in [-0.2, 0) is 9.47 Å². The topological polar surface area (TPSA) is 18.5 Å². The Hall–Kier alpha value is -0.210. The van der Waals surface area contributed by atoms with Crippen LogP contribution in [0.4, 0.5) is 0 Å². The molecule has 1 rings (SSSR count). The van der Waals surface area contributed by atoms with Gasteiger partial charge in [-0.05, 0) is 5.57 Å². The number of ether oxygens (including phenoxy) is 2. The first-order valence-corrected chi connectivity index (χ1v) is 4.28. The van der Waals surface area contributed by atoms with E-state index in [9.17, 15) is 0 Å². The lowest BCUT2D eigenvalue weighted by molar-refractivity contribution is 0.110. The highest BCUT2D eigenvalue weighted by atomic mass is 35.5.